The third-order valence-electron chi connectivity index (χ3n) is 1.83. The molecular formula is C8H6BrClN4O2S2. The highest BCUT2D eigenvalue weighted by Crippen LogP contribution is 2.28. The van der Waals surface area contributed by atoms with Gasteiger partial charge in [-0.05, 0) is 18.2 Å². The molecule has 2 rings (SSSR count). The van der Waals surface area contributed by atoms with Crippen LogP contribution in [0.3, 0.4) is 0 Å². The second kappa shape index (κ2) is 5.00. The van der Waals surface area contributed by atoms with Crippen LogP contribution in [0, 0.1) is 0 Å². The van der Waals surface area contributed by atoms with Crippen LogP contribution < -0.4 is 10.5 Å². The van der Waals surface area contributed by atoms with E-state index in [2.05, 4.69) is 30.8 Å². The van der Waals surface area contributed by atoms with E-state index < -0.39 is 10.0 Å². The van der Waals surface area contributed by atoms with Crippen molar-refractivity contribution in [3.63, 3.8) is 0 Å². The lowest BCUT2D eigenvalue weighted by Crippen LogP contribution is -2.13. The summed E-state index contributed by atoms with van der Waals surface area (Å²) in [5.74, 6) is 0. The van der Waals surface area contributed by atoms with E-state index in [0.29, 0.717) is 0 Å². The number of anilines is 2. The molecule has 0 unspecified atom stereocenters. The Labute approximate surface area is 120 Å². The molecular weight excluding hydrogens is 364 g/mol. The molecule has 0 aliphatic heterocycles. The summed E-state index contributed by atoms with van der Waals surface area (Å²) >= 11 is 9.92. The zero-order chi connectivity index (χ0) is 13.3. The van der Waals surface area contributed by atoms with E-state index in [-0.39, 0.29) is 20.2 Å². The molecule has 0 aliphatic carbocycles. The third kappa shape index (κ3) is 2.91. The van der Waals surface area contributed by atoms with Crippen molar-refractivity contribution in [2.24, 2.45) is 0 Å². The molecule has 1 aromatic heterocycles. The summed E-state index contributed by atoms with van der Waals surface area (Å²) < 4.78 is 26.7. The summed E-state index contributed by atoms with van der Waals surface area (Å²) in [5, 5.41) is 7.27. The molecule has 10 heteroatoms. The van der Waals surface area contributed by atoms with Crippen LogP contribution in [0.5, 0.6) is 0 Å². The Kier molecular flexibility index (Phi) is 3.76. The molecule has 0 spiro atoms. The van der Waals surface area contributed by atoms with Gasteiger partial charge in [0.2, 0.25) is 5.13 Å². The van der Waals surface area contributed by atoms with E-state index in [9.17, 15) is 8.42 Å². The number of hydrogen-bond donors (Lipinski definition) is 2. The molecule has 3 N–H and O–H groups in total. The number of sulfonamides is 1. The number of rotatable bonds is 3. The standard InChI is InChI=1S/C8H6BrClN4O2S2/c9-4-1-2-6(5(10)3-4)14-18(15,16)8-13-12-7(11)17-8/h1-3,14H,(H2,11,12). The van der Waals surface area contributed by atoms with Gasteiger partial charge >= 0.3 is 0 Å². The predicted octanol–water partition coefficient (Wildman–Crippen LogP) is 2.34. The molecule has 0 aliphatic rings. The Hall–Kier alpha value is -0.900. The maximum Gasteiger partial charge on any atom is 0.291 e. The van der Waals surface area contributed by atoms with Gasteiger partial charge in [-0.2, -0.15) is 8.42 Å². The summed E-state index contributed by atoms with van der Waals surface area (Å²) in [7, 11) is -3.81. The fraction of sp³-hybridized carbons (Fsp3) is 0. The summed E-state index contributed by atoms with van der Waals surface area (Å²) in [6.45, 7) is 0. The minimum atomic E-state index is -3.81. The van der Waals surface area contributed by atoms with Gasteiger partial charge in [-0.1, -0.05) is 38.9 Å². The topological polar surface area (TPSA) is 98.0 Å². The Bertz CT molecular complexity index is 688. The van der Waals surface area contributed by atoms with Crippen molar-refractivity contribution in [3.8, 4) is 0 Å². The van der Waals surface area contributed by atoms with Gasteiger partial charge in [0.25, 0.3) is 14.4 Å². The van der Waals surface area contributed by atoms with E-state index in [1.807, 2.05) is 0 Å². The van der Waals surface area contributed by atoms with E-state index in [1.54, 1.807) is 12.1 Å². The van der Waals surface area contributed by atoms with Crippen molar-refractivity contribution in [2.75, 3.05) is 10.5 Å². The molecule has 1 aromatic carbocycles. The van der Waals surface area contributed by atoms with Gasteiger partial charge in [-0.3, -0.25) is 4.72 Å². The number of benzene rings is 1. The van der Waals surface area contributed by atoms with E-state index in [1.165, 1.54) is 6.07 Å². The Morgan fingerprint density at radius 1 is 1.39 bits per heavy atom. The lowest BCUT2D eigenvalue weighted by Gasteiger charge is -2.07. The van der Waals surface area contributed by atoms with Crippen LogP contribution in [0.1, 0.15) is 0 Å². The number of aromatic nitrogens is 2. The molecule has 0 atom stereocenters. The van der Waals surface area contributed by atoms with Crippen LogP contribution >= 0.6 is 38.9 Å². The lowest BCUT2D eigenvalue weighted by atomic mass is 10.3. The number of nitrogens with one attached hydrogen (secondary N) is 1. The van der Waals surface area contributed by atoms with Crippen molar-refractivity contribution in [1.29, 1.82) is 0 Å². The van der Waals surface area contributed by atoms with E-state index >= 15 is 0 Å². The molecule has 0 bridgehead atoms. The van der Waals surface area contributed by atoms with E-state index in [0.717, 1.165) is 15.8 Å². The fourth-order valence-electron chi connectivity index (χ4n) is 1.09. The van der Waals surface area contributed by atoms with Crippen molar-refractivity contribution in [3.05, 3.63) is 27.7 Å². The molecule has 0 amide bonds. The van der Waals surface area contributed by atoms with Crippen LogP contribution in [-0.2, 0) is 10.0 Å². The van der Waals surface area contributed by atoms with Crippen molar-refractivity contribution >= 4 is 59.7 Å². The highest BCUT2D eigenvalue weighted by Gasteiger charge is 2.20. The first-order chi connectivity index (χ1) is 8.38. The monoisotopic (exact) mass is 368 g/mol. The summed E-state index contributed by atoms with van der Waals surface area (Å²) in [6, 6.07) is 4.78. The molecule has 0 fully saturated rings. The fourth-order valence-corrected chi connectivity index (χ4v) is 3.73. The minimum absolute atomic E-state index is 0.0808. The second-order valence-corrected chi connectivity index (χ2v) is 7.32. The average molecular weight is 370 g/mol. The van der Waals surface area contributed by atoms with Gasteiger partial charge in [0.05, 0.1) is 10.7 Å². The molecule has 1 heterocycles. The van der Waals surface area contributed by atoms with Gasteiger partial charge in [0.15, 0.2) is 0 Å². The number of nitrogen functional groups attached to an aromatic ring is 1. The average Bonchev–Trinajstić information content (AvgIpc) is 2.70. The van der Waals surface area contributed by atoms with Crippen LogP contribution in [0.2, 0.25) is 5.02 Å². The van der Waals surface area contributed by atoms with Crippen molar-refractivity contribution in [1.82, 2.24) is 10.2 Å². The maximum atomic E-state index is 11.9. The molecule has 96 valence electrons. The molecule has 6 nitrogen and oxygen atoms in total. The number of nitrogens with zero attached hydrogens (tertiary/aromatic N) is 2. The van der Waals surface area contributed by atoms with Gasteiger partial charge in [0, 0.05) is 4.47 Å². The maximum absolute atomic E-state index is 11.9. The zero-order valence-corrected chi connectivity index (χ0v) is 12.6. The predicted molar refractivity (Wildman–Crippen MR) is 74.3 cm³/mol. The first-order valence-corrected chi connectivity index (χ1v) is 7.92. The van der Waals surface area contributed by atoms with Gasteiger partial charge in [-0.15, -0.1) is 10.2 Å². The molecule has 2 aromatic rings. The van der Waals surface area contributed by atoms with Crippen LogP contribution in [0.15, 0.2) is 27.0 Å². The van der Waals surface area contributed by atoms with Gasteiger partial charge in [0.1, 0.15) is 0 Å². The lowest BCUT2D eigenvalue weighted by molar-refractivity contribution is 0.599. The summed E-state index contributed by atoms with van der Waals surface area (Å²) in [4.78, 5) is 0. The molecule has 18 heavy (non-hydrogen) atoms. The van der Waals surface area contributed by atoms with Crippen LogP contribution in [-0.4, -0.2) is 18.6 Å². The smallest absolute Gasteiger partial charge is 0.291 e. The third-order valence-corrected chi connectivity index (χ3v) is 5.12. The molecule has 0 radical (unpaired) electrons. The number of halogens is 2. The first-order valence-electron chi connectivity index (χ1n) is 4.45. The van der Waals surface area contributed by atoms with Gasteiger partial charge < -0.3 is 5.73 Å². The normalized spacial score (nSPS) is 11.4. The van der Waals surface area contributed by atoms with Gasteiger partial charge in [-0.25, -0.2) is 0 Å². The quantitative estimate of drug-likeness (QED) is 0.865. The largest absolute Gasteiger partial charge is 0.374 e. The summed E-state index contributed by atoms with van der Waals surface area (Å²) in [5.41, 5.74) is 5.60. The van der Waals surface area contributed by atoms with Crippen LogP contribution in [0.25, 0.3) is 0 Å². The Morgan fingerprint density at radius 2 is 2.11 bits per heavy atom. The van der Waals surface area contributed by atoms with Crippen molar-refractivity contribution < 1.29 is 8.42 Å². The summed E-state index contributed by atoms with van der Waals surface area (Å²) in [6.07, 6.45) is 0. The molecule has 0 saturated carbocycles. The number of nitrogens with two attached hydrogens (primary N) is 1. The van der Waals surface area contributed by atoms with Crippen molar-refractivity contribution in [2.45, 2.75) is 4.34 Å². The number of hydrogen-bond acceptors (Lipinski definition) is 6. The second-order valence-electron chi connectivity index (χ2n) is 3.14. The minimum Gasteiger partial charge on any atom is -0.374 e. The zero-order valence-electron chi connectivity index (χ0n) is 8.59. The molecule has 0 saturated heterocycles. The SMILES string of the molecule is Nc1nnc(S(=O)(=O)Nc2ccc(Br)cc2Cl)s1. The Balaban J connectivity index is 2.33. The Morgan fingerprint density at radius 3 is 2.67 bits per heavy atom. The first kappa shape index (κ1) is 13.5. The highest BCUT2D eigenvalue weighted by molar-refractivity contribution is 9.10. The van der Waals surface area contributed by atoms with E-state index in [4.69, 9.17) is 17.3 Å². The van der Waals surface area contributed by atoms with Crippen LogP contribution in [0.4, 0.5) is 10.8 Å². The highest BCUT2D eigenvalue weighted by atomic mass is 79.9.